The molecule has 0 aliphatic heterocycles. The maximum Gasteiger partial charge on any atom is 0.231 e. The van der Waals surface area contributed by atoms with Crippen molar-refractivity contribution in [2.75, 3.05) is 35.7 Å². The normalized spacial score (nSPS) is 12.1. The van der Waals surface area contributed by atoms with E-state index in [1.165, 1.54) is 0 Å². The molecule has 1 aromatic heterocycles. The Labute approximate surface area is 109 Å². The highest BCUT2D eigenvalue weighted by Crippen LogP contribution is 2.14. The van der Waals surface area contributed by atoms with E-state index in [1.54, 1.807) is 0 Å². The summed E-state index contributed by atoms with van der Waals surface area (Å²) in [6, 6.07) is 0.349. The van der Waals surface area contributed by atoms with E-state index in [4.69, 9.17) is 0 Å². The van der Waals surface area contributed by atoms with Gasteiger partial charge in [0.2, 0.25) is 17.8 Å². The molecule has 0 radical (unpaired) electrons. The third-order valence-electron chi connectivity index (χ3n) is 2.88. The van der Waals surface area contributed by atoms with Crippen molar-refractivity contribution in [3.05, 3.63) is 0 Å². The molecule has 0 aliphatic rings. The summed E-state index contributed by atoms with van der Waals surface area (Å²) >= 11 is 0. The SMILES string of the molecule is CCC(C)Nc1nc(NC)nc(N(CC)CC)n1. The van der Waals surface area contributed by atoms with Crippen LogP contribution in [0, 0.1) is 0 Å². The summed E-state index contributed by atoms with van der Waals surface area (Å²) in [7, 11) is 1.81. The Balaban J connectivity index is 3.00. The van der Waals surface area contributed by atoms with Gasteiger partial charge in [-0.1, -0.05) is 6.92 Å². The van der Waals surface area contributed by atoms with Crippen molar-refractivity contribution >= 4 is 17.8 Å². The quantitative estimate of drug-likeness (QED) is 0.773. The predicted molar refractivity (Wildman–Crippen MR) is 76.3 cm³/mol. The number of aromatic nitrogens is 3. The fraction of sp³-hybridized carbons (Fsp3) is 0.750. The molecule has 2 N–H and O–H groups in total. The van der Waals surface area contributed by atoms with Gasteiger partial charge >= 0.3 is 0 Å². The van der Waals surface area contributed by atoms with Gasteiger partial charge in [-0.25, -0.2) is 0 Å². The molecular weight excluding hydrogens is 228 g/mol. The van der Waals surface area contributed by atoms with Crippen LogP contribution in [0.3, 0.4) is 0 Å². The molecule has 0 saturated heterocycles. The average Bonchev–Trinajstić information content (AvgIpc) is 2.39. The molecule has 0 fully saturated rings. The molecule has 1 aromatic rings. The largest absolute Gasteiger partial charge is 0.357 e. The van der Waals surface area contributed by atoms with Crippen LogP contribution in [-0.2, 0) is 0 Å². The lowest BCUT2D eigenvalue weighted by Gasteiger charge is -2.20. The van der Waals surface area contributed by atoms with Crippen LogP contribution in [0.5, 0.6) is 0 Å². The number of nitrogens with one attached hydrogen (secondary N) is 2. The van der Waals surface area contributed by atoms with Crippen LogP contribution in [-0.4, -0.2) is 41.1 Å². The average molecular weight is 252 g/mol. The van der Waals surface area contributed by atoms with E-state index < -0.39 is 0 Å². The monoisotopic (exact) mass is 252 g/mol. The Bertz CT molecular complexity index is 364. The summed E-state index contributed by atoms with van der Waals surface area (Å²) in [5.74, 6) is 1.94. The summed E-state index contributed by atoms with van der Waals surface area (Å²) in [5, 5.41) is 6.25. The lowest BCUT2D eigenvalue weighted by molar-refractivity contribution is 0.745. The maximum absolute atomic E-state index is 4.46. The molecule has 6 nitrogen and oxygen atoms in total. The van der Waals surface area contributed by atoms with Crippen LogP contribution in [0.2, 0.25) is 0 Å². The minimum absolute atomic E-state index is 0.349. The molecule has 1 heterocycles. The van der Waals surface area contributed by atoms with Crippen LogP contribution >= 0.6 is 0 Å². The molecular formula is C12H24N6. The molecule has 102 valence electrons. The lowest BCUT2D eigenvalue weighted by atomic mass is 10.3. The molecule has 0 aromatic carbocycles. The number of nitrogens with zero attached hydrogens (tertiary/aromatic N) is 4. The molecule has 6 heteroatoms. The molecule has 0 aliphatic carbocycles. The minimum Gasteiger partial charge on any atom is -0.357 e. The Hall–Kier alpha value is -1.59. The maximum atomic E-state index is 4.46. The summed E-state index contributed by atoms with van der Waals surface area (Å²) in [6.45, 7) is 10.2. The highest BCUT2D eigenvalue weighted by Gasteiger charge is 2.11. The van der Waals surface area contributed by atoms with E-state index >= 15 is 0 Å². The zero-order valence-electron chi connectivity index (χ0n) is 12.0. The van der Waals surface area contributed by atoms with Gasteiger partial charge in [0, 0.05) is 26.2 Å². The first kappa shape index (κ1) is 14.5. The highest BCUT2D eigenvalue weighted by atomic mass is 15.3. The lowest BCUT2D eigenvalue weighted by Crippen LogP contribution is -2.26. The highest BCUT2D eigenvalue weighted by molar-refractivity contribution is 5.43. The predicted octanol–water partition coefficient (Wildman–Crippen LogP) is 1.97. The van der Waals surface area contributed by atoms with Crippen molar-refractivity contribution in [3.8, 4) is 0 Å². The van der Waals surface area contributed by atoms with E-state index in [-0.39, 0.29) is 0 Å². The molecule has 1 unspecified atom stereocenters. The minimum atomic E-state index is 0.349. The van der Waals surface area contributed by atoms with Gasteiger partial charge in [0.1, 0.15) is 0 Å². The Morgan fingerprint density at radius 3 is 2.17 bits per heavy atom. The Morgan fingerprint density at radius 1 is 1.06 bits per heavy atom. The Morgan fingerprint density at radius 2 is 1.67 bits per heavy atom. The summed E-state index contributed by atoms with van der Waals surface area (Å²) in [4.78, 5) is 15.3. The van der Waals surface area contributed by atoms with Gasteiger partial charge in [0.15, 0.2) is 0 Å². The van der Waals surface area contributed by atoms with E-state index in [0.717, 1.165) is 19.5 Å². The van der Waals surface area contributed by atoms with Crippen LogP contribution in [0.25, 0.3) is 0 Å². The Kier molecular flexibility index (Phi) is 5.61. The molecule has 1 atom stereocenters. The fourth-order valence-electron chi connectivity index (χ4n) is 1.51. The van der Waals surface area contributed by atoms with Crippen molar-refractivity contribution in [2.45, 2.75) is 40.2 Å². The van der Waals surface area contributed by atoms with E-state index in [2.05, 4.69) is 58.2 Å². The fourth-order valence-corrected chi connectivity index (χ4v) is 1.51. The van der Waals surface area contributed by atoms with Crippen LogP contribution in [0.4, 0.5) is 17.8 Å². The van der Waals surface area contributed by atoms with Crippen molar-refractivity contribution in [1.29, 1.82) is 0 Å². The third kappa shape index (κ3) is 3.72. The van der Waals surface area contributed by atoms with Gasteiger partial charge in [-0.2, -0.15) is 15.0 Å². The molecule has 0 spiro atoms. The van der Waals surface area contributed by atoms with Gasteiger partial charge in [0.25, 0.3) is 0 Å². The topological polar surface area (TPSA) is 66.0 Å². The van der Waals surface area contributed by atoms with Crippen molar-refractivity contribution < 1.29 is 0 Å². The van der Waals surface area contributed by atoms with Gasteiger partial charge in [0.05, 0.1) is 0 Å². The first-order valence-electron chi connectivity index (χ1n) is 6.59. The number of hydrogen-bond acceptors (Lipinski definition) is 6. The third-order valence-corrected chi connectivity index (χ3v) is 2.88. The second kappa shape index (κ2) is 6.98. The first-order chi connectivity index (χ1) is 8.64. The van der Waals surface area contributed by atoms with Gasteiger partial charge in [-0.05, 0) is 27.2 Å². The second-order valence-electron chi connectivity index (χ2n) is 4.16. The summed E-state index contributed by atoms with van der Waals surface area (Å²) in [5.41, 5.74) is 0. The van der Waals surface area contributed by atoms with E-state index in [1.807, 2.05) is 7.05 Å². The first-order valence-corrected chi connectivity index (χ1v) is 6.59. The van der Waals surface area contributed by atoms with Crippen LogP contribution in [0.1, 0.15) is 34.1 Å². The zero-order chi connectivity index (χ0) is 13.5. The van der Waals surface area contributed by atoms with E-state index in [9.17, 15) is 0 Å². The number of rotatable bonds is 7. The molecule has 0 amide bonds. The summed E-state index contributed by atoms with van der Waals surface area (Å²) < 4.78 is 0. The zero-order valence-corrected chi connectivity index (χ0v) is 12.0. The number of anilines is 3. The van der Waals surface area contributed by atoms with Gasteiger partial charge in [-0.3, -0.25) is 0 Å². The smallest absolute Gasteiger partial charge is 0.231 e. The van der Waals surface area contributed by atoms with Gasteiger partial charge < -0.3 is 15.5 Å². The van der Waals surface area contributed by atoms with Crippen molar-refractivity contribution in [2.24, 2.45) is 0 Å². The molecule has 0 saturated carbocycles. The van der Waals surface area contributed by atoms with Crippen LogP contribution in [0.15, 0.2) is 0 Å². The molecule has 18 heavy (non-hydrogen) atoms. The summed E-state index contributed by atoms with van der Waals surface area (Å²) in [6.07, 6.45) is 1.03. The molecule has 1 rings (SSSR count). The van der Waals surface area contributed by atoms with Crippen molar-refractivity contribution in [1.82, 2.24) is 15.0 Å². The standard InChI is InChI=1S/C12H24N6/c1-6-9(4)14-11-15-10(13-5)16-12(17-11)18(7-2)8-3/h9H,6-8H2,1-5H3,(H2,13,14,15,16,17). The number of hydrogen-bond donors (Lipinski definition) is 2. The molecule has 0 bridgehead atoms. The van der Waals surface area contributed by atoms with Crippen LogP contribution < -0.4 is 15.5 Å². The van der Waals surface area contributed by atoms with Crippen molar-refractivity contribution in [3.63, 3.8) is 0 Å². The van der Waals surface area contributed by atoms with Gasteiger partial charge in [-0.15, -0.1) is 0 Å². The van der Waals surface area contributed by atoms with E-state index in [0.29, 0.717) is 23.9 Å². The second-order valence-corrected chi connectivity index (χ2v) is 4.16.